The molecule has 1 aromatic rings. The second-order valence-corrected chi connectivity index (χ2v) is 5.06. The van der Waals surface area contributed by atoms with Crippen molar-refractivity contribution in [2.45, 2.75) is 52.0 Å². The molecule has 0 aromatic carbocycles. The molecule has 1 unspecified atom stereocenters. The van der Waals surface area contributed by atoms with Crippen molar-refractivity contribution in [2.24, 2.45) is 0 Å². The van der Waals surface area contributed by atoms with E-state index in [1.807, 2.05) is 6.92 Å². The molecular formula is C12H22N4. The SMILES string of the molecule is CCCn1c(C)nnc1C1(C)CCCNC1. The Morgan fingerprint density at radius 3 is 2.88 bits per heavy atom. The van der Waals surface area contributed by atoms with E-state index in [2.05, 4.69) is 33.9 Å². The van der Waals surface area contributed by atoms with E-state index in [9.17, 15) is 0 Å². The molecule has 1 aliphatic heterocycles. The highest BCUT2D eigenvalue weighted by Gasteiger charge is 2.33. The summed E-state index contributed by atoms with van der Waals surface area (Å²) in [6, 6.07) is 0. The lowest BCUT2D eigenvalue weighted by Gasteiger charge is -2.33. The van der Waals surface area contributed by atoms with Crippen molar-refractivity contribution in [3.05, 3.63) is 11.6 Å². The van der Waals surface area contributed by atoms with Crippen LogP contribution >= 0.6 is 0 Å². The molecule has 90 valence electrons. The molecule has 0 bridgehead atoms. The molecule has 2 heterocycles. The lowest BCUT2D eigenvalue weighted by atomic mass is 9.82. The predicted octanol–water partition coefficient (Wildman–Crippen LogP) is 1.64. The molecule has 0 saturated carbocycles. The van der Waals surface area contributed by atoms with Crippen molar-refractivity contribution in [3.8, 4) is 0 Å². The monoisotopic (exact) mass is 222 g/mol. The Morgan fingerprint density at radius 1 is 1.44 bits per heavy atom. The van der Waals surface area contributed by atoms with Crippen molar-refractivity contribution in [2.75, 3.05) is 13.1 Å². The van der Waals surface area contributed by atoms with Crippen LogP contribution in [0.5, 0.6) is 0 Å². The Labute approximate surface area is 97.5 Å². The maximum absolute atomic E-state index is 4.40. The summed E-state index contributed by atoms with van der Waals surface area (Å²) in [5, 5.41) is 12.1. The smallest absolute Gasteiger partial charge is 0.140 e. The molecule has 0 aliphatic carbocycles. The number of nitrogens with one attached hydrogen (secondary N) is 1. The van der Waals surface area contributed by atoms with Crippen LogP contribution in [0.3, 0.4) is 0 Å². The standard InChI is InChI=1S/C12H22N4/c1-4-8-16-10(2)14-15-11(16)12(3)6-5-7-13-9-12/h13H,4-9H2,1-3H3. The Bertz CT molecular complexity index is 350. The lowest BCUT2D eigenvalue weighted by Crippen LogP contribution is -2.43. The van der Waals surface area contributed by atoms with Crippen molar-refractivity contribution >= 4 is 0 Å². The molecule has 0 amide bonds. The van der Waals surface area contributed by atoms with E-state index >= 15 is 0 Å². The second kappa shape index (κ2) is 4.53. The maximum atomic E-state index is 4.40. The molecule has 1 fully saturated rings. The van der Waals surface area contributed by atoms with Gasteiger partial charge >= 0.3 is 0 Å². The van der Waals surface area contributed by atoms with Crippen molar-refractivity contribution < 1.29 is 0 Å². The summed E-state index contributed by atoms with van der Waals surface area (Å²) >= 11 is 0. The number of piperidine rings is 1. The largest absolute Gasteiger partial charge is 0.316 e. The minimum Gasteiger partial charge on any atom is -0.316 e. The Morgan fingerprint density at radius 2 is 2.25 bits per heavy atom. The minimum absolute atomic E-state index is 0.161. The summed E-state index contributed by atoms with van der Waals surface area (Å²) in [5.74, 6) is 2.21. The van der Waals surface area contributed by atoms with Gasteiger partial charge in [-0.1, -0.05) is 13.8 Å². The van der Waals surface area contributed by atoms with E-state index in [0.29, 0.717) is 0 Å². The van der Waals surface area contributed by atoms with E-state index in [4.69, 9.17) is 0 Å². The zero-order valence-electron chi connectivity index (χ0n) is 10.6. The van der Waals surface area contributed by atoms with Crippen LogP contribution in [0.4, 0.5) is 0 Å². The van der Waals surface area contributed by atoms with Gasteiger partial charge in [0, 0.05) is 18.5 Å². The van der Waals surface area contributed by atoms with Gasteiger partial charge in [0.15, 0.2) is 0 Å². The van der Waals surface area contributed by atoms with Crippen molar-refractivity contribution in [3.63, 3.8) is 0 Å². The van der Waals surface area contributed by atoms with Gasteiger partial charge in [-0.3, -0.25) is 0 Å². The van der Waals surface area contributed by atoms with E-state index in [1.54, 1.807) is 0 Å². The fourth-order valence-corrected chi connectivity index (χ4v) is 2.57. The number of rotatable bonds is 3. The Hall–Kier alpha value is -0.900. The zero-order valence-corrected chi connectivity index (χ0v) is 10.6. The molecular weight excluding hydrogens is 200 g/mol. The molecule has 2 rings (SSSR count). The summed E-state index contributed by atoms with van der Waals surface area (Å²) in [5.41, 5.74) is 0.161. The summed E-state index contributed by atoms with van der Waals surface area (Å²) < 4.78 is 2.28. The summed E-state index contributed by atoms with van der Waals surface area (Å²) in [6.45, 7) is 9.74. The van der Waals surface area contributed by atoms with Crippen LogP contribution < -0.4 is 5.32 Å². The predicted molar refractivity (Wildman–Crippen MR) is 64.5 cm³/mol. The van der Waals surface area contributed by atoms with Gasteiger partial charge in [-0.25, -0.2) is 0 Å². The third-order valence-corrected chi connectivity index (χ3v) is 3.52. The third-order valence-electron chi connectivity index (χ3n) is 3.52. The first-order chi connectivity index (χ1) is 7.67. The second-order valence-electron chi connectivity index (χ2n) is 5.06. The van der Waals surface area contributed by atoms with Gasteiger partial charge in [0.2, 0.25) is 0 Å². The Balaban J connectivity index is 2.30. The topological polar surface area (TPSA) is 42.7 Å². The van der Waals surface area contributed by atoms with E-state index in [0.717, 1.165) is 31.9 Å². The van der Waals surface area contributed by atoms with Crippen LogP contribution in [0.1, 0.15) is 44.8 Å². The first kappa shape index (κ1) is 11.6. The normalized spacial score (nSPS) is 25.9. The summed E-state index contributed by atoms with van der Waals surface area (Å²) in [6.07, 6.45) is 3.58. The van der Waals surface area contributed by atoms with Gasteiger partial charge in [-0.15, -0.1) is 10.2 Å². The third kappa shape index (κ3) is 1.98. The van der Waals surface area contributed by atoms with E-state index in [-0.39, 0.29) is 5.41 Å². The molecule has 4 heteroatoms. The van der Waals surface area contributed by atoms with Gasteiger partial charge in [0.1, 0.15) is 11.6 Å². The van der Waals surface area contributed by atoms with Gasteiger partial charge in [0.05, 0.1) is 0 Å². The fraction of sp³-hybridized carbons (Fsp3) is 0.833. The first-order valence-electron chi connectivity index (χ1n) is 6.28. The molecule has 0 radical (unpaired) electrons. The first-order valence-corrected chi connectivity index (χ1v) is 6.28. The van der Waals surface area contributed by atoms with Crippen LogP contribution in [0.2, 0.25) is 0 Å². The molecule has 4 nitrogen and oxygen atoms in total. The highest BCUT2D eigenvalue weighted by Crippen LogP contribution is 2.29. The zero-order chi connectivity index (χ0) is 11.6. The number of nitrogens with zero attached hydrogens (tertiary/aromatic N) is 3. The van der Waals surface area contributed by atoms with Crippen LogP contribution in [0.15, 0.2) is 0 Å². The fourth-order valence-electron chi connectivity index (χ4n) is 2.57. The number of hydrogen-bond acceptors (Lipinski definition) is 3. The summed E-state index contributed by atoms with van der Waals surface area (Å²) in [4.78, 5) is 0. The molecule has 0 spiro atoms. The van der Waals surface area contributed by atoms with Gasteiger partial charge in [-0.2, -0.15) is 0 Å². The van der Waals surface area contributed by atoms with Crippen LogP contribution in [-0.2, 0) is 12.0 Å². The van der Waals surface area contributed by atoms with Crippen molar-refractivity contribution in [1.82, 2.24) is 20.1 Å². The molecule has 1 aromatic heterocycles. The van der Waals surface area contributed by atoms with Crippen LogP contribution in [0, 0.1) is 6.92 Å². The number of aromatic nitrogens is 3. The number of aryl methyl sites for hydroxylation is 1. The van der Waals surface area contributed by atoms with E-state index < -0.39 is 0 Å². The highest BCUT2D eigenvalue weighted by molar-refractivity contribution is 5.11. The molecule has 1 saturated heterocycles. The van der Waals surface area contributed by atoms with Crippen LogP contribution in [0.25, 0.3) is 0 Å². The lowest BCUT2D eigenvalue weighted by molar-refractivity contribution is 0.311. The minimum atomic E-state index is 0.161. The van der Waals surface area contributed by atoms with Gasteiger partial charge < -0.3 is 9.88 Å². The van der Waals surface area contributed by atoms with Gasteiger partial charge in [0.25, 0.3) is 0 Å². The molecule has 1 N–H and O–H groups in total. The highest BCUT2D eigenvalue weighted by atomic mass is 15.3. The summed E-state index contributed by atoms with van der Waals surface area (Å²) in [7, 11) is 0. The number of hydrogen-bond donors (Lipinski definition) is 1. The van der Waals surface area contributed by atoms with Crippen LogP contribution in [-0.4, -0.2) is 27.9 Å². The maximum Gasteiger partial charge on any atom is 0.140 e. The Kier molecular flexibility index (Phi) is 3.28. The van der Waals surface area contributed by atoms with Gasteiger partial charge in [-0.05, 0) is 32.7 Å². The molecule has 1 atom stereocenters. The average Bonchev–Trinajstić information content (AvgIpc) is 2.63. The quantitative estimate of drug-likeness (QED) is 0.845. The van der Waals surface area contributed by atoms with E-state index in [1.165, 1.54) is 18.7 Å². The molecule has 16 heavy (non-hydrogen) atoms. The average molecular weight is 222 g/mol. The van der Waals surface area contributed by atoms with Crippen molar-refractivity contribution in [1.29, 1.82) is 0 Å². The molecule has 1 aliphatic rings.